The molecule has 0 aliphatic heterocycles. The Hall–Kier alpha value is -2.55. The van der Waals surface area contributed by atoms with E-state index < -0.39 is 0 Å². The molecule has 1 atom stereocenters. The molecule has 2 aromatic heterocycles. The van der Waals surface area contributed by atoms with Crippen LogP contribution >= 0.6 is 11.8 Å². The molecule has 1 fully saturated rings. The summed E-state index contributed by atoms with van der Waals surface area (Å²) >= 11 is 1.34. The number of tetrazole rings is 1. The van der Waals surface area contributed by atoms with Crippen LogP contribution in [0.2, 0.25) is 0 Å². The van der Waals surface area contributed by atoms with Crippen LogP contribution in [-0.4, -0.2) is 39.0 Å². The summed E-state index contributed by atoms with van der Waals surface area (Å²) in [7, 11) is 1.61. The Bertz CT molecular complexity index is 934. The zero-order valence-corrected chi connectivity index (χ0v) is 15.3. The minimum absolute atomic E-state index is 0.0970. The Balaban J connectivity index is 1.38. The predicted octanol–water partition coefficient (Wildman–Crippen LogP) is 2.73. The molecule has 0 spiro atoms. The smallest absolute Gasteiger partial charge is 0.231 e. The summed E-state index contributed by atoms with van der Waals surface area (Å²) in [6, 6.07) is 7.76. The predicted molar refractivity (Wildman–Crippen MR) is 96.1 cm³/mol. The van der Waals surface area contributed by atoms with E-state index >= 15 is 0 Å². The average molecular weight is 373 g/mol. The van der Waals surface area contributed by atoms with Crippen molar-refractivity contribution in [1.82, 2.24) is 25.5 Å². The first-order valence-electron chi connectivity index (χ1n) is 8.42. The molecule has 1 N–H and O–H groups in total. The van der Waals surface area contributed by atoms with Crippen molar-refractivity contribution < 1.29 is 13.9 Å². The van der Waals surface area contributed by atoms with Crippen LogP contribution in [0.1, 0.15) is 37.6 Å². The van der Waals surface area contributed by atoms with Gasteiger partial charge < -0.3 is 14.5 Å². The van der Waals surface area contributed by atoms with E-state index in [1.165, 1.54) is 11.8 Å². The summed E-state index contributed by atoms with van der Waals surface area (Å²) in [5.41, 5.74) is 0.684. The van der Waals surface area contributed by atoms with Gasteiger partial charge in [0.05, 0.1) is 24.9 Å². The van der Waals surface area contributed by atoms with E-state index in [-0.39, 0.29) is 17.7 Å². The molecule has 1 aromatic carbocycles. The van der Waals surface area contributed by atoms with Gasteiger partial charge in [-0.25, -0.2) is 4.68 Å². The number of ether oxygens (including phenoxy) is 1. The summed E-state index contributed by atoms with van der Waals surface area (Å²) in [5, 5.41) is 16.2. The van der Waals surface area contributed by atoms with Crippen LogP contribution in [0, 0.1) is 0 Å². The van der Waals surface area contributed by atoms with Gasteiger partial charge >= 0.3 is 0 Å². The average Bonchev–Trinajstić information content (AvgIpc) is 3.20. The molecule has 8 nitrogen and oxygen atoms in total. The van der Waals surface area contributed by atoms with E-state index in [1.807, 2.05) is 31.2 Å². The molecule has 0 saturated heterocycles. The van der Waals surface area contributed by atoms with E-state index in [0.717, 1.165) is 18.2 Å². The number of fused-ring (bicyclic) bond motifs is 1. The van der Waals surface area contributed by atoms with E-state index in [0.29, 0.717) is 28.3 Å². The van der Waals surface area contributed by atoms with Crippen molar-refractivity contribution in [2.75, 3.05) is 12.9 Å². The zero-order valence-electron chi connectivity index (χ0n) is 14.5. The standard InChI is InChI=1S/C17H19N5O3S/c1-10(14-8-11-4-3-5-13(24-2)16(11)25-14)18-15(23)9-26-17-19-20-21-22(17)12-6-7-12/h3-5,8,10,12H,6-7,9H2,1-2H3,(H,18,23)/t10-/m0/s1. The van der Waals surface area contributed by atoms with Crippen molar-refractivity contribution in [2.45, 2.75) is 37.0 Å². The van der Waals surface area contributed by atoms with Crippen LogP contribution in [0.5, 0.6) is 5.75 Å². The quantitative estimate of drug-likeness (QED) is 0.636. The van der Waals surface area contributed by atoms with Gasteiger partial charge in [-0.05, 0) is 42.3 Å². The lowest BCUT2D eigenvalue weighted by molar-refractivity contribution is -0.119. The lowest BCUT2D eigenvalue weighted by Crippen LogP contribution is -2.28. The van der Waals surface area contributed by atoms with E-state index in [1.54, 1.807) is 11.8 Å². The molecule has 0 unspecified atom stereocenters. The number of furan rings is 1. The Morgan fingerprint density at radius 2 is 2.35 bits per heavy atom. The third kappa shape index (κ3) is 3.39. The number of methoxy groups -OCH3 is 1. The van der Waals surface area contributed by atoms with Crippen molar-refractivity contribution in [3.8, 4) is 5.75 Å². The fraction of sp³-hybridized carbons (Fsp3) is 0.412. The fourth-order valence-electron chi connectivity index (χ4n) is 2.74. The summed E-state index contributed by atoms with van der Waals surface area (Å²) in [5.74, 6) is 1.52. The third-order valence-electron chi connectivity index (χ3n) is 4.24. The van der Waals surface area contributed by atoms with Crippen LogP contribution in [0.25, 0.3) is 11.0 Å². The summed E-state index contributed by atoms with van der Waals surface area (Å²) < 4.78 is 13.0. The van der Waals surface area contributed by atoms with Crippen molar-refractivity contribution in [3.63, 3.8) is 0 Å². The highest BCUT2D eigenvalue weighted by Crippen LogP contribution is 2.36. The molecule has 0 bridgehead atoms. The van der Waals surface area contributed by atoms with Crippen LogP contribution in [-0.2, 0) is 4.79 Å². The lowest BCUT2D eigenvalue weighted by atomic mass is 10.2. The van der Waals surface area contributed by atoms with Gasteiger partial charge in [0.15, 0.2) is 11.3 Å². The number of rotatable bonds is 7. The molecular weight excluding hydrogens is 354 g/mol. The Morgan fingerprint density at radius 1 is 1.50 bits per heavy atom. The summed E-state index contributed by atoms with van der Waals surface area (Å²) in [6.07, 6.45) is 2.19. The minimum atomic E-state index is -0.250. The minimum Gasteiger partial charge on any atom is -0.493 e. The molecule has 1 amide bonds. The maximum atomic E-state index is 12.3. The number of benzene rings is 1. The van der Waals surface area contributed by atoms with Gasteiger partial charge in [-0.3, -0.25) is 4.79 Å². The van der Waals surface area contributed by atoms with Gasteiger partial charge in [0.1, 0.15) is 5.76 Å². The maximum Gasteiger partial charge on any atom is 0.231 e. The second-order valence-corrected chi connectivity index (χ2v) is 7.18. The highest BCUT2D eigenvalue weighted by atomic mass is 32.2. The topological polar surface area (TPSA) is 95.1 Å². The van der Waals surface area contributed by atoms with Crippen LogP contribution in [0.4, 0.5) is 0 Å². The number of nitrogens with zero attached hydrogens (tertiary/aromatic N) is 4. The number of carbonyl (C=O) groups excluding carboxylic acids is 1. The third-order valence-corrected chi connectivity index (χ3v) is 5.17. The molecule has 2 heterocycles. The van der Waals surface area contributed by atoms with Crippen LogP contribution in [0.15, 0.2) is 33.8 Å². The van der Waals surface area contributed by atoms with Crippen molar-refractivity contribution in [3.05, 3.63) is 30.0 Å². The van der Waals surface area contributed by atoms with Crippen molar-refractivity contribution in [1.29, 1.82) is 0 Å². The van der Waals surface area contributed by atoms with Crippen LogP contribution < -0.4 is 10.1 Å². The maximum absolute atomic E-state index is 12.3. The largest absolute Gasteiger partial charge is 0.493 e. The highest BCUT2D eigenvalue weighted by molar-refractivity contribution is 7.99. The molecule has 4 rings (SSSR count). The molecule has 1 saturated carbocycles. The first-order valence-corrected chi connectivity index (χ1v) is 9.40. The normalized spacial score (nSPS) is 15.2. The van der Waals surface area contributed by atoms with Gasteiger partial charge in [-0.1, -0.05) is 23.9 Å². The van der Waals surface area contributed by atoms with Crippen LogP contribution in [0.3, 0.4) is 0 Å². The van der Waals surface area contributed by atoms with E-state index in [2.05, 4.69) is 20.8 Å². The number of aromatic nitrogens is 4. The molecule has 3 aromatic rings. The number of amides is 1. The fourth-order valence-corrected chi connectivity index (χ4v) is 3.50. The Kier molecular flexibility index (Phi) is 4.54. The molecule has 1 aliphatic rings. The van der Waals surface area contributed by atoms with E-state index in [9.17, 15) is 4.79 Å². The van der Waals surface area contributed by atoms with Gasteiger partial charge in [-0.2, -0.15) is 0 Å². The number of hydrogen-bond acceptors (Lipinski definition) is 7. The first-order chi connectivity index (χ1) is 12.7. The number of hydrogen-bond donors (Lipinski definition) is 1. The van der Waals surface area contributed by atoms with Gasteiger partial charge in [0.2, 0.25) is 11.1 Å². The zero-order chi connectivity index (χ0) is 18.1. The van der Waals surface area contributed by atoms with Gasteiger partial charge in [0, 0.05) is 5.39 Å². The van der Waals surface area contributed by atoms with Crippen molar-refractivity contribution in [2.24, 2.45) is 0 Å². The number of nitrogens with one attached hydrogen (secondary N) is 1. The molecule has 26 heavy (non-hydrogen) atoms. The van der Waals surface area contributed by atoms with Crippen molar-refractivity contribution >= 4 is 28.6 Å². The molecular formula is C17H19N5O3S. The van der Waals surface area contributed by atoms with Gasteiger partial charge in [-0.15, -0.1) is 5.10 Å². The second-order valence-electron chi connectivity index (χ2n) is 6.24. The second kappa shape index (κ2) is 6.99. The SMILES string of the molecule is COc1cccc2cc([C@H](C)NC(=O)CSc3nnnn3C3CC3)oc12. The number of para-hydroxylation sites is 1. The first kappa shape index (κ1) is 16.9. The molecule has 0 radical (unpaired) electrons. The Labute approximate surface area is 154 Å². The number of thioether (sulfide) groups is 1. The molecule has 136 valence electrons. The summed E-state index contributed by atoms with van der Waals surface area (Å²) in [6.45, 7) is 1.89. The van der Waals surface area contributed by atoms with Gasteiger partial charge in [0.25, 0.3) is 0 Å². The Morgan fingerprint density at radius 3 is 3.12 bits per heavy atom. The lowest BCUT2D eigenvalue weighted by Gasteiger charge is -2.11. The molecule has 1 aliphatic carbocycles. The number of carbonyl (C=O) groups is 1. The van der Waals surface area contributed by atoms with E-state index in [4.69, 9.17) is 9.15 Å². The molecule has 9 heteroatoms. The monoisotopic (exact) mass is 373 g/mol. The highest BCUT2D eigenvalue weighted by Gasteiger charge is 2.28. The summed E-state index contributed by atoms with van der Waals surface area (Å²) in [4.78, 5) is 12.3.